The standard InChI is InChI=1S/C15H22N2O3/c1-9(2)14(16-11(4)18)15(19)17-12-8-10(3)6-7-13(12)20-5/h6-9,14H,1-5H3,(H,16,18)(H,17,19)/t14-/m1/s1. The Morgan fingerprint density at radius 3 is 2.40 bits per heavy atom. The number of ether oxygens (including phenoxy) is 1. The predicted octanol–water partition coefficient (Wildman–Crippen LogP) is 2.10. The van der Waals surface area contributed by atoms with Crippen LogP contribution in [0.15, 0.2) is 18.2 Å². The fourth-order valence-electron chi connectivity index (χ4n) is 1.88. The van der Waals surface area contributed by atoms with Gasteiger partial charge in [0.2, 0.25) is 11.8 Å². The van der Waals surface area contributed by atoms with Gasteiger partial charge >= 0.3 is 0 Å². The summed E-state index contributed by atoms with van der Waals surface area (Å²) in [4.78, 5) is 23.5. The summed E-state index contributed by atoms with van der Waals surface area (Å²) in [6, 6.07) is 4.97. The van der Waals surface area contributed by atoms with Crippen molar-refractivity contribution >= 4 is 17.5 Å². The molecule has 0 radical (unpaired) electrons. The summed E-state index contributed by atoms with van der Waals surface area (Å²) in [7, 11) is 1.55. The average Bonchev–Trinajstić information content (AvgIpc) is 2.35. The number of hydrogen-bond acceptors (Lipinski definition) is 3. The van der Waals surface area contributed by atoms with Crippen LogP contribution in [0.5, 0.6) is 5.75 Å². The smallest absolute Gasteiger partial charge is 0.247 e. The Hall–Kier alpha value is -2.04. The SMILES string of the molecule is COc1ccc(C)cc1NC(=O)[C@H](NC(C)=O)C(C)C. The zero-order valence-corrected chi connectivity index (χ0v) is 12.6. The molecular formula is C15H22N2O3. The van der Waals surface area contributed by atoms with Gasteiger partial charge in [-0.2, -0.15) is 0 Å². The molecule has 5 nitrogen and oxygen atoms in total. The van der Waals surface area contributed by atoms with Crippen LogP contribution in [-0.4, -0.2) is 25.0 Å². The van der Waals surface area contributed by atoms with Crippen LogP contribution < -0.4 is 15.4 Å². The van der Waals surface area contributed by atoms with Gasteiger partial charge in [-0.25, -0.2) is 0 Å². The lowest BCUT2D eigenvalue weighted by Crippen LogP contribution is -2.46. The lowest BCUT2D eigenvalue weighted by atomic mass is 10.0. The van der Waals surface area contributed by atoms with E-state index in [9.17, 15) is 9.59 Å². The minimum atomic E-state index is -0.572. The molecule has 0 fully saturated rings. The first-order valence-electron chi connectivity index (χ1n) is 6.57. The summed E-state index contributed by atoms with van der Waals surface area (Å²) in [5, 5.41) is 5.47. The molecule has 0 aliphatic heterocycles. The van der Waals surface area contributed by atoms with E-state index in [1.807, 2.05) is 32.9 Å². The number of benzene rings is 1. The molecule has 0 aromatic heterocycles. The van der Waals surface area contributed by atoms with E-state index in [0.29, 0.717) is 11.4 Å². The number of aryl methyl sites for hydroxylation is 1. The Morgan fingerprint density at radius 1 is 1.25 bits per heavy atom. The van der Waals surface area contributed by atoms with Crippen LogP contribution in [0.2, 0.25) is 0 Å². The number of carbonyl (C=O) groups is 2. The van der Waals surface area contributed by atoms with Crippen molar-refractivity contribution in [3.05, 3.63) is 23.8 Å². The maximum atomic E-state index is 12.3. The molecule has 0 aliphatic rings. The Morgan fingerprint density at radius 2 is 1.90 bits per heavy atom. The van der Waals surface area contributed by atoms with Crippen LogP contribution in [0.3, 0.4) is 0 Å². The van der Waals surface area contributed by atoms with Gasteiger partial charge in [0.25, 0.3) is 0 Å². The summed E-state index contributed by atoms with van der Waals surface area (Å²) in [6.07, 6.45) is 0. The molecule has 0 heterocycles. The van der Waals surface area contributed by atoms with E-state index < -0.39 is 6.04 Å². The number of hydrogen-bond donors (Lipinski definition) is 2. The van der Waals surface area contributed by atoms with E-state index in [2.05, 4.69) is 10.6 Å². The van der Waals surface area contributed by atoms with E-state index in [0.717, 1.165) is 5.56 Å². The summed E-state index contributed by atoms with van der Waals surface area (Å²) >= 11 is 0. The Kier molecular flexibility index (Phi) is 5.55. The second kappa shape index (κ2) is 6.93. The molecule has 0 bridgehead atoms. The molecule has 1 aromatic rings. The van der Waals surface area contributed by atoms with Crippen molar-refractivity contribution in [2.45, 2.75) is 33.7 Å². The predicted molar refractivity (Wildman–Crippen MR) is 78.8 cm³/mol. The van der Waals surface area contributed by atoms with Crippen LogP contribution in [-0.2, 0) is 9.59 Å². The van der Waals surface area contributed by atoms with Gasteiger partial charge in [-0.3, -0.25) is 9.59 Å². The third-order valence-corrected chi connectivity index (χ3v) is 2.92. The zero-order chi connectivity index (χ0) is 15.3. The highest BCUT2D eigenvalue weighted by Crippen LogP contribution is 2.25. The highest BCUT2D eigenvalue weighted by Gasteiger charge is 2.23. The second-order valence-corrected chi connectivity index (χ2v) is 5.12. The maximum Gasteiger partial charge on any atom is 0.247 e. The lowest BCUT2D eigenvalue weighted by Gasteiger charge is -2.21. The average molecular weight is 278 g/mol. The van der Waals surface area contributed by atoms with Gasteiger partial charge in [0, 0.05) is 6.92 Å². The van der Waals surface area contributed by atoms with Crippen LogP contribution in [0.25, 0.3) is 0 Å². The summed E-state index contributed by atoms with van der Waals surface area (Å²) in [5.41, 5.74) is 1.62. The number of amides is 2. The first-order valence-corrected chi connectivity index (χ1v) is 6.57. The molecule has 1 aromatic carbocycles. The molecule has 2 amide bonds. The zero-order valence-electron chi connectivity index (χ0n) is 12.6. The van der Waals surface area contributed by atoms with Crippen molar-refractivity contribution in [3.8, 4) is 5.75 Å². The summed E-state index contributed by atoms with van der Waals surface area (Å²) < 4.78 is 5.22. The molecule has 0 saturated carbocycles. The lowest BCUT2D eigenvalue weighted by molar-refractivity contribution is -0.126. The monoisotopic (exact) mass is 278 g/mol. The first kappa shape index (κ1) is 16.0. The number of nitrogens with one attached hydrogen (secondary N) is 2. The van der Waals surface area contributed by atoms with E-state index in [-0.39, 0.29) is 17.7 Å². The Labute approximate surface area is 119 Å². The highest BCUT2D eigenvalue weighted by molar-refractivity contribution is 5.98. The molecule has 2 N–H and O–H groups in total. The van der Waals surface area contributed by atoms with Crippen LogP contribution >= 0.6 is 0 Å². The van der Waals surface area contributed by atoms with Crippen molar-refractivity contribution in [1.29, 1.82) is 0 Å². The fourth-order valence-corrected chi connectivity index (χ4v) is 1.88. The minimum absolute atomic E-state index is 0.00490. The van der Waals surface area contributed by atoms with Crippen LogP contribution in [0, 0.1) is 12.8 Å². The number of anilines is 1. The molecule has 110 valence electrons. The minimum Gasteiger partial charge on any atom is -0.495 e. The molecule has 20 heavy (non-hydrogen) atoms. The number of methoxy groups -OCH3 is 1. The van der Waals surface area contributed by atoms with Crippen molar-refractivity contribution in [2.75, 3.05) is 12.4 Å². The second-order valence-electron chi connectivity index (χ2n) is 5.12. The molecule has 0 saturated heterocycles. The first-order chi connectivity index (χ1) is 9.35. The topological polar surface area (TPSA) is 67.4 Å². The van der Waals surface area contributed by atoms with E-state index in [1.165, 1.54) is 6.92 Å². The van der Waals surface area contributed by atoms with Crippen LogP contribution in [0.1, 0.15) is 26.3 Å². The van der Waals surface area contributed by atoms with Crippen molar-refractivity contribution < 1.29 is 14.3 Å². The molecular weight excluding hydrogens is 256 g/mol. The molecule has 0 spiro atoms. The van der Waals surface area contributed by atoms with E-state index in [4.69, 9.17) is 4.74 Å². The molecule has 0 aliphatic carbocycles. The fraction of sp³-hybridized carbons (Fsp3) is 0.467. The van der Waals surface area contributed by atoms with Crippen LogP contribution in [0.4, 0.5) is 5.69 Å². The van der Waals surface area contributed by atoms with Gasteiger partial charge in [0.05, 0.1) is 12.8 Å². The Balaban J connectivity index is 2.93. The van der Waals surface area contributed by atoms with Crippen molar-refractivity contribution in [1.82, 2.24) is 5.32 Å². The van der Waals surface area contributed by atoms with Gasteiger partial charge < -0.3 is 15.4 Å². The maximum absolute atomic E-state index is 12.3. The largest absolute Gasteiger partial charge is 0.495 e. The third-order valence-electron chi connectivity index (χ3n) is 2.92. The van der Waals surface area contributed by atoms with Crippen molar-refractivity contribution in [2.24, 2.45) is 5.92 Å². The van der Waals surface area contributed by atoms with Crippen molar-refractivity contribution in [3.63, 3.8) is 0 Å². The molecule has 0 unspecified atom stereocenters. The van der Waals surface area contributed by atoms with Gasteiger partial charge in [-0.1, -0.05) is 19.9 Å². The molecule has 1 atom stereocenters. The van der Waals surface area contributed by atoms with Gasteiger partial charge in [-0.15, -0.1) is 0 Å². The number of carbonyl (C=O) groups excluding carboxylic acids is 2. The summed E-state index contributed by atoms with van der Waals surface area (Å²) in [5.74, 6) is 0.109. The third kappa shape index (κ3) is 4.26. The van der Waals surface area contributed by atoms with E-state index in [1.54, 1.807) is 13.2 Å². The number of rotatable bonds is 5. The van der Waals surface area contributed by atoms with Gasteiger partial charge in [0.1, 0.15) is 11.8 Å². The molecule has 5 heteroatoms. The highest BCUT2D eigenvalue weighted by atomic mass is 16.5. The normalized spacial score (nSPS) is 11.9. The Bertz CT molecular complexity index is 498. The van der Waals surface area contributed by atoms with Gasteiger partial charge in [0.15, 0.2) is 0 Å². The summed E-state index contributed by atoms with van der Waals surface area (Å²) in [6.45, 7) is 7.10. The quantitative estimate of drug-likeness (QED) is 0.866. The van der Waals surface area contributed by atoms with E-state index >= 15 is 0 Å². The molecule has 1 rings (SSSR count). The van der Waals surface area contributed by atoms with Gasteiger partial charge in [-0.05, 0) is 30.5 Å².